The SMILES string of the molecule is Cl.N[C@@H](CCO)c1cc(F)c(F)cc1F. The summed E-state index contributed by atoms with van der Waals surface area (Å²) in [5, 5.41) is 8.54. The van der Waals surface area contributed by atoms with E-state index in [4.69, 9.17) is 10.8 Å². The highest BCUT2D eigenvalue weighted by atomic mass is 35.5. The van der Waals surface area contributed by atoms with E-state index in [0.29, 0.717) is 12.1 Å². The Labute approximate surface area is 91.3 Å². The highest BCUT2D eigenvalue weighted by molar-refractivity contribution is 5.85. The van der Waals surface area contributed by atoms with Crippen LogP contribution in [0.3, 0.4) is 0 Å². The lowest BCUT2D eigenvalue weighted by Crippen LogP contribution is -2.14. The Morgan fingerprint density at radius 1 is 1.13 bits per heavy atom. The lowest BCUT2D eigenvalue weighted by molar-refractivity contribution is 0.275. The third kappa shape index (κ3) is 3.37. The molecule has 0 radical (unpaired) electrons. The molecule has 0 saturated carbocycles. The van der Waals surface area contributed by atoms with E-state index in [0.717, 1.165) is 0 Å². The fourth-order valence-electron chi connectivity index (χ4n) is 1.12. The summed E-state index contributed by atoms with van der Waals surface area (Å²) in [5.74, 6) is -3.29. The molecule has 0 spiro atoms. The van der Waals surface area contributed by atoms with Crippen LogP contribution in [0.5, 0.6) is 0 Å². The first-order valence-corrected chi connectivity index (χ1v) is 4.07. The summed E-state index contributed by atoms with van der Waals surface area (Å²) in [7, 11) is 0. The summed E-state index contributed by atoms with van der Waals surface area (Å²) in [5.41, 5.74) is 5.31. The molecule has 6 heteroatoms. The van der Waals surface area contributed by atoms with Gasteiger partial charge in [-0.25, -0.2) is 13.2 Å². The van der Waals surface area contributed by atoms with Crippen LogP contribution in [0.4, 0.5) is 13.2 Å². The smallest absolute Gasteiger partial charge is 0.161 e. The molecule has 86 valence electrons. The predicted octanol–water partition coefficient (Wildman–Crippen LogP) is 1.91. The minimum absolute atomic E-state index is 0. The van der Waals surface area contributed by atoms with E-state index in [1.54, 1.807) is 0 Å². The van der Waals surface area contributed by atoms with Crippen LogP contribution >= 0.6 is 12.4 Å². The van der Waals surface area contributed by atoms with Crippen molar-refractivity contribution < 1.29 is 18.3 Å². The van der Waals surface area contributed by atoms with Gasteiger partial charge in [-0.3, -0.25) is 0 Å². The van der Waals surface area contributed by atoms with Crippen molar-refractivity contribution in [2.75, 3.05) is 6.61 Å². The van der Waals surface area contributed by atoms with Crippen molar-refractivity contribution in [1.82, 2.24) is 0 Å². The molecule has 0 bridgehead atoms. The van der Waals surface area contributed by atoms with Gasteiger partial charge in [0.05, 0.1) is 0 Å². The van der Waals surface area contributed by atoms with E-state index in [1.807, 2.05) is 0 Å². The lowest BCUT2D eigenvalue weighted by atomic mass is 10.0. The van der Waals surface area contributed by atoms with E-state index < -0.39 is 23.5 Å². The molecule has 0 aromatic heterocycles. The molecule has 0 heterocycles. The predicted molar refractivity (Wildman–Crippen MR) is 52.2 cm³/mol. The zero-order valence-corrected chi connectivity index (χ0v) is 8.53. The molecular weight excluding hydrogens is 231 g/mol. The van der Waals surface area contributed by atoms with Crippen LogP contribution < -0.4 is 5.73 Å². The molecule has 0 aliphatic rings. The summed E-state index contributed by atoms with van der Waals surface area (Å²) in [6, 6.07) is 0.336. The average molecular weight is 242 g/mol. The highest BCUT2D eigenvalue weighted by Crippen LogP contribution is 2.20. The molecule has 0 unspecified atom stereocenters. The van der Waals surface area contributed by atoms with Crippen LogP contribution in [0, 0.1) is 17.5 Å². The number of aliphatic hydroxyl groups is 1. The van der Waals surface area contributed by atoms with Gasteiger partial charge in [-0.1, -0.05) is 0 Å². The van der Waals surface area contributed by atoms with E-state index in [9.17, 15) is 13.2 Å². The van der Waals surface area contributed by atoms with Crippen molar-refractivity contribution >= 4 is 12.4 Å². The lowest BCUT2D eigenvalue weighted by Gasteiger charge is -2.11. The minimum atomic E-state index is -1.25. The Morgan fingerprint density at radius 3 is 2.20 bits per heavy atom. The summed E-state index contributed by atoms with van der Waals surface area (Å²) in [6.45, 7) is -0.237. The summed E-state index contributed by atoms with van der Waals surface area (Å²) in [6.07, 6.45) is 0.0992. The molecule has 15 heavy (non-hydrogen) atoms. The minimum Gasteiger partial charge on any atom is -0.396 e. The van der Waals surface area contributed by atoms with Gasteiger partial charge in [-0.05, 0) is 12.5 Å². The molecule has 1 aromatic rings. The van der Waals surface area contributed by atoms with Gasteiger partial charge in [0, 0.05) is 24.3 Å². The molecule has 1 aromatic carbocycles. The zero-order chi connectivity index (χ0) is 10.7. The Hall–Kier alpha value is -0.780. The fourth-order valence-corrected chi connectivity index (χ4v) is 1.12. The number of hydrogen-bond donors (Lipinski definition) is 2. The van der Waals surface area contributed by atoms with Crippen molar-refractivity contribution in [3.8, 4) is 0 Å². The summed E-state index contributed by atoms with van der Waals surface area (Å²) < 4.78 is 38.2. The topological polar surface area (TPSA) is 46.2 Å². The Bertz CT molecular complexity index is 335. The van der Waals surface area contributed by atoms with Gasteiger partial charge in [0.15, 0.2) is 11.6 Å². The van der Waals surface area contributed by atoms with Gasteiger partial charge in [-0.2, -0.15) is 0 Å². The van der Waals surface area contributed by atoms with Gasteiger partial charge >= 0.3 is 0 Å². The normalized spacial score (nSPS) is 12.1. The van der Waals surface area contributed by atoms with E-state index in [1.165, 1.54) is 0 Å². The summed E-state index contributed by atoms with van der Waals surface area (Å²) >= 11 is 0. The second-order valence-corrected chi connectivity index (χ2v) is 2.91. The molecule has 2 nitrogen and oxygen atoms in total. The van der Waals surface area contributed by atoms with E-state index in [-0.39, 0.29) is 31.0 Å². The average Bonchev–Trinajstić information content (AvgIpc) is 2.11. The Balaban J connectivity index is 0.00000196. The number of hydrogen-bond acceptors (Lipinski definition) is 2. The first-order chi connectivity index (χ1) is 6.56. The number of halogens is 4. The monoisotopic (exact) mass is 241 g/mol. The maximum absolute atomic E-state index is 13.0. The molecule has 1 rings (SSSR count). The maximum Gasteiger partial charge on any atom is 0.161 e. The molecule has 0 aliphatic carbocycles. The fraction of sp³-hybridized carbons (Fsp3) is 0.333. The van der Waals surface area contributed by atoms with E-state index >= 15 is 0 Å². The molecule has 3 N–H and O–H groups in total. The van der Waals surface area contributed by atoms with Crippen molar-refractivity contribution in [3.63, 3.8) is 0 Å². The third-order valence-corrected chi connectivity index (χ3v) is 1.88. The number of rotatable bonds is 3. The molecule has 0 aliphatic heterocycles. The number of benzene rings is 1. The van der Waals surface area contributed by atoms with Gasteiger partial charge in [0.1, 0.15) is 5.82 Å². The van der Waals surface area contributed by atoms with Crippen LogP contribution in [0.2, 0.25) is 0 Å². The second kappa shape index (κ2) is 5.95. The van der Waals surface area contributed by atoms with Crippen molar-refractivity contribution in [3.05, 3.63) is 35.1 Å². The Morgan fingerprint density at radius 2 is 1.67 bits per heavy atom. The van der Waals surface area contributed by atoms with Gasteiger partial charge in [-0.15, -0.1) is 12.4 Å². The van der Waals surface area contributed by atoms with Crippen molar-refractivity contribution in [2.45, 2.75) is 12.5 Å². The zero-order valence-electron chi connectivity index (χ0n) is 7.71. The van der Waals surface area contributed by atoms with Crippen molar-refractivity contribution in [1.29, 1.82) is 0 Å². The second-order valence-electron chi connectivity index (χ2n) is 2.91. The van der Waals surface area contributed by atoms with Gasteiger partial charge in [0.2, 0.25) is 0 Å². The molecular formula is C9H11ClF3NO. The van der Waals surface area contributed by atoms with E-state index in [2.05, 4.69) is 0 Å². The Kier molecular flexibility index (Phi) is 5.64. The van der Waals surface area contributed by atoms with Crippen LogP contribution in [0.25, 0.3) is 0 Å². The number of aliphatic hydroxyl groups excluding tert-OH is 1. The van der Waals surface area contributed by atoms with Gasteiger partial charge < -0.3 is 10.8 Å². The van der Waals surface area contributed by atoms with Crippen LogP contribution in [-0.4, -0.2) is 11.7 Å². The first kappa shape index (κ1) is 14.2. The quantitative estimate of drug-likeness (QED) is 0.794. The standard InChI is InChI=1S/C9H10F3NO.ClH/c10-6-4-8(12)7(11)3-5(6)9(13)1-2-14;/h3-4,9,14H,1-2,13H2;1H/t9-;/m0./s1. The third-order valence-electron chi connectivity index (χ3n) is 1.88. The molecule has 0 saturated heterocycles. The highest BCUT2D eigenvalue weighted by Gasteiger charge is 2.15. The van der Waals surface area contributed by atoms with Crippen molar-refractivity contribution in [2.24, 2.45) is 5.73 Å². The van der Waals surface area contributed by atoms with Crippen LogP contribution in [0.1, 0.15) is 18.0 Å². The molecule has 1 atom stereocenters. The largest absolute Gasteiger partial charge is 0.396 e. The van der Waals surface area contributed by atoms with Gasteiger partial charge in [0.25, 0.3) is 0 Å². The first-order valence-electron chi connectivity index (χ1n) is 4.07. The maximum atomic E-state index is 13.0. The van der Waals surface area contributed by atoms with Crippen LogP contribution in [0.15, 0.2) is 12.1 Å². The molecule has 0 amide bonds. The van der Waals surface area contributed by atoms with Crippen LogP contribution in [-0.2, 0) is 0 Å². The molecule has 0 fully saturated rings. The summed E-state index contributed by atoms with van der Waals surface area (Å²) in [4.78, 5) is 0. The number of nitrogens with two attached hydrogens (primary N) is 1.